The van der Waals surface area contributed by atoms with Crippen LogP contribution in [0.3, 0.4) is 0 Å². The normalized spacial score (nSPS) is 13.7. The Kier molecular flexibility index (Phi) is 5.39. The summed E-state index contributed by atoms with van der Waals surface area (Å²) < 4.78 is 18.5. The van der Waals surface area contributed by atoms with Crippen molar-refractivity contribution in [3.63, 3.8) is 0 Å². The molecule has 0 saturated carbocycles. The highest BCUT2D eigenvalue weighted by Crippen LogP contribution is 2.28. The number of hydrogen-bond acceptors (Lipinski definition) is 5. The molecule has 2 atom stereocenters. The Bertz CT molecular complexity index is 769. The monoisotopic (exact) mass is 350 g/mol. The number of carbonyl (C=O) groups excluding carboxylic acids is 1. The fraction of sp³-hybridized carbons (Fsp3) is 0.375. The lowest BCUT2D eigenvalue weighted by atomic mass is 10.1. The number of benzene rings is 1. The molecule has 0 saturated heterocycles. The summed E-state index contributed by atoms with van der Waals surface area (Å²) in [6.45, 7) is 5.24. The minimum atomic E-state index is -1.51. The molecular formula is C16H18N2O3S2. The summed E-state index contributed by atoms with van der Waals surface area (Å²) in [6.07, 6.45) is 1.43. The molecule has 0 bridgehead atoms. The van der Waals surface area contributed by atoms with Crippen LogP contribution in [0.4, 0.5) is 0 Å². The molecule has 1 aromatic heterocycles. The van der Waals surface area contributed by atoms with Crippen LogP contribution < -0.4 is 10.1 Å². The van der Waals surface area contributed by atoms with Gasteiger partial charge in [-0.3, -0.25) is 9.00 Å². The Morgan fingerprint density at radius 2 is 2.13 bits per heavy atom. The predicted octanol–water partition coefficient (Wildman–Crippen LogP) is 2.30. The minimum Gasteiger partial charge on any atom is -0.443 e. The molecule has 5 nitrogen and oxygen atoms in total. The Morgan fingerprint density at radius 3 is 2.74 bits per heavy atom. The standard InChI is InChI=1S/C16H18N2O3S2/c1-5-10-16(2,3)18-13(19)14(23(4)20)21-15-17-11-8-6-7-9-12(11)22-15/h6-9,14H,1-4H3,(H,18,19). The van der Waals surface area contributed by atoms with Gasteiger partial charge in [0.25, 0.3) is 16.5 Å². The van der Waals surface area contributed by atoms with Gasteiger partial charge in [-0.15, -0.1) is 5.92 Å². The molecule has 0 fully saturated rings. The average molecular weight is 350 g/mol. The Hall–Kier alpha value is -1.91. The number of aromatic nitrogens is 1. The molecule has 2 aromatic rings. The summed E-state index contributed by atoms with van der Waals surface area (Å²) in [5.41, 5.74) is -1.07. The van der Waals surface area contributed by atoms with Gasteiger partial charge >= 0.3 is 0 Å². The lowest BCUT2D eigenvalue weighted by Crippen LogP contribution is -2.50. The maximum absolute atomic E-state index is 12.4. The van der Waals surface area contributed by atoms with Gasteiger partial charge in [-0.2, -0.15) is 0 Å². The van der Waals surface area contributed by atoms with Crippen molar-refractivity contribution in [1.29, 1.82) is 0 Å². The van der Waals surface area contributed by atoms with Crippen molar-refractivity contribution in [2.75, 3.05) is 6.26 Å². The zero-order valence-electron chi connectivity index (χ0n) is 13.4. The summed E-state index contributed by atoms with van der Waals surface area (Å²) in [5.74, 6) is 5.17. The molecule has 23 heavy (non-hydrogen) atoms. The van der Waals surface area contributed by atoms with Crippen LogP contribution in [0, 0.1) is 11.8 Å². The summed E-state index contributed by atoms with van der Waals surface area (Å²) in [6, 6.07) is 7.55. The van der Waals surface area contributed by atoms with E-state index < -0.39 is 27.7 Å². The van der Waals surface area contributed by atoms with E-state index in [4.69, 9.17) is 4.74 Å². The van der Waals surface area contributed by atoms with E-state index in [9.17, 15) is 9.00 Å². The smallest absolute Gasteiger partial charge is 0.276 e. The number of nitrogens with one attached hydrogen (secondary N) is 1. The number of amides is 1. The fourth-order valence-corrected chi connectivity index (χ4v) is 3.47. The van der Waals surface area contributed by atoms with Crippen molar-refractivity contribution in [3.05, 3.63) is 24.3 Å². The molecule has 122 valence electrons. The number of nitrogens with zero attached hydrogens (tertiary/aromatic N) is 1. The zero-order chi connectivity index (χ0) is 17.0. The first-order valence-electron chi connectivity index (χ1n) is 6.93. The van der Waals surface area contributed by atoms with Gasteiger partial charge in [0.2, 0.25) is 0 Å². The molecule has 1 amide bonds. The van der Waals surface area contributed by atoms with Crippen LogP contribution in [-0.2, 0) is 15.6 Å². The molecule has 1 aromatic carbocycles. The van der Waals surface area contributed by atoms with Gasteiger partial charge < -0.3 is 10.1 Å². The topological polar surface area (TPSA) is 68.3 Å². The van der Waals surface area contributed by atoms with Gasteiger partial charge in [-0.05, 0) is 32.9 Å². The van der Waals surface area contributed by atoms with Crippen molar-refractivity contribution >= 4 is 38.3 Å². The van der Waals surface area contributed by atoms with E-state index in [-0.39, 0.29) is 0 Å². The first-order chi connectivity index (χ1) is 10.8. The fourth-order valence-electron chi connectivity index (χ4n) is 1.98. The molecule has 0 radical (unpaired) electrons. The first kappa shape index (κ1) is 17.4. The van der Waals surface area contributed by atoms with Crippen molar-refractivity contribution in [2.24, 2.45) is 0 Å². The highest BCUT2D eigenvalue weighted by molar-refractivity contribution is 7.85. The van der Waals surface area contributed by atoms with Gasteiger partial charge in [-0.1, -0.05) is 29.4 Å². The second-order valence-corrected chi connectivity index (χ2v) is 7.80. The minimum absolute atomic E-state index is 0.320. The second-order valence-electron chi connectivity index (χ2n) is 5.39. The summed E-state index contributed by atoms with van der Waals surface area (Å²) in [4.78, 5) is 16.7. The largest absolute Gasteiger partial charge is 0.443 e. The van der Waals surface area contributed by atoms with E-state index in [1.165, 1.54) is 17.6 Å². The Balaban J connectivity index is 2.19. The number of thiazole rings is 1. The molecule has 2 unspecified atom stereocenters. The number of para-hydroxylation sites is 1. The molecule has 7 heteroatoms. The zero-order valence-corrected chi connectivity index (χ0v) is 15.0. The van der Waals surface area contributed by atoms with Gasteiger partial charge in [0.15, 0.2) is 0 Å². The first-order valence-corrected chi connectivity index (χ1v) is 9.36. The number of hydrogen-bond donors (Lipinski definition) is 1. The van der Waals surface area contributed by atoms with Crippen LogP contribution in [-0.4, -0.2) is 32.3 Å². The summed E-state index contributed by atoms with van der Waals surface area (Å²) >= 11 is 1.31. The van der Waals surface area contributed by atoms with Crippen molar-refractivity contribution < 1.29 is 13.7 Å². The third kappa shape index (κ3) is 4.53. The van der Waals surface area contributed by atoms with E-state index in [1.807, 2.05) is 24.3 Å². The highest BCUT2D eigenvalue weighted by Gasteiger charge is 2.30. The number of carbonyl (C=O) groups is 1. The van der Waals surface area contributed by atoms with Crippen LogP contribution >= 0.6 is 11.3 Å². The van der Waals surface area contributed by atoms with Gasteiger partial charge in [0.05, 0.1) is 26.6 Å². The van der Waals surface area contributed by atoms with Crippen molar-refractivity contribution in [2.45, 2.75) is 31.7 Å². The number of rotatable bonds is 5. The average Bonchev–Trinajstić information content (AvgIpc) is 2.86. The SMILES string of the molecule is CC#CC(C)(C)NC(=O)C(Oc1nc2ccccc2s1)S(C)=O. The third-order valence-corrected chi connectivity index (χ3v) is 4.71. The number of fused-ring (bicyclic) bond motifs is 1. The van der Waals surface area contributed by atoms with E-state index in [2.05, 4.69) is 22.1 Å². The van der Waals surface area contributed by atoms with E-state index >= 15 is 0 Å². The van der Waals surface area contributed by atoms with Gasteiger partial charge in [0.1, 0.15) is 0 Å². The molecule has 0 aliphatic carbocycles. The molecule has 0 aliphatic heterocycles. The molecule has 0 spiro atoms. The second kappa shape index (κ2) is 7.11. The molecule has 1 heterocycles. The van der Waals surface area contributed by atoms with Crippen molar-refractivity contribution in [3.8, 4) is 17.0 Å². The van der Waals surface area contributed by atoms with Crippen LogP contribution in [0.1, 0.15) is 20.8 Å². The van der Waals surface area contributed by atoms with E-state index in [0.29, 0.717) is 5.19 Å². The Labute approximate surface area is 141 Å². The molecular weight excluding hydrogens is 332 g/mol. The lowest BCUT2D eigenvalue weighted by Gasteiger charge is -2.23. The highest BCUT2D eigenvalue weighted by atomic mass is 32.2. The quantitative estimate of drug-likeness (QED) is 0.840. The van der Waals surface area contributed by atoms with Crippen LogP contribution in [0.25, 0.3) is 10.2 Å². The third-order valence-electron chi connectivity index (χ3n) is 2.87. The summed E-state index contributed by atoms with van der Waals surface area (Å²) in [7, 11) is -1.51. The van der Waals surface area contributed by atoms with Gasteiger partial charge in [0, 0.05) is 6.26 Å². The summed E-state index contributed by atoms with van der Waals surface area (Å²) in [5, 5.41) is 3.06. The van der Waals surface area contributed by atoms with E-state index in [0.717, 1.165) is 10.2 Å². The number of ether oxygens (including phenoxy) is 1. The van der Waals surface area contributed by atoms with E-state index in [1.54, 1.807) is 20.8 Å². The Morgan fingerprint density at radius 1 is 1.43 bits per heavy atom. The molecule has 0 aliphatic rings. The maximum atomic E-state index is 12.4. The van der Waals surface area contributed by atoms with Gasteiger partial charge in [-0.25, -0.2) is 4.98 Å². The van der Waals surface area contributed by atoms with Crippen LogP contribution in [0.2, 0.25) is 0 Å². The van der Waals surface area contributed by atoms with Crippen LogP contribution in [0.15, 0.2) is 24.3 Å². The molecule has 2 rings (SSSR count). The lowest BCUT2D eigenvalue weighted by molar-refractivity contribution is -0.125. The molecule has 1 N–H and O–H groups in total. The maximum Gasteiger partial charge on any atom is 0.276 e. The van der Waals surface area contributed by atoms with Crippen LogP contribution in [0.5, 0.6) is 5.19 Å². The van der Waals surface area contributed by atoms with Crippen molar-refractivity contribution in [1.82, 2.24) is 10.3 Å². The predicted molar refractivity (Wildman–Crippen MR) is 93.8 cm³/mol.